The van der Waals surface area contributed by atoms with E-state index in [1.54, 1.807) is 0 Å². The number of nitro groups is 1. The number of non-ortho nitro benzene ring substituents is 1. The third-order valence-electron chi connectivity index (χ3n) is 5.73. The third kappa shape index (κ3) is 8.26. The van der Waals surface area contributed by atoms with Crippen LogP contribution in [0.15, 0.2) is 34.8 Å². The number of oxime groups is 1. The zero-order chi connectivity index (χ0) is 33.7. The summed E-state index contributed by atoms with van der Waals surface area (Å²) in [5, 5.41) is 20.2. The van der Waals surface area contributed by atoms with E-state index < -0.39 is 74.2 Å². The van der Waals surface area contributed by atoms with E-state index >= 15 is 0 Å². The van der Waals surface area contributed by atoms with Crippen LogP contribution < -0.4 is 10.6 Å². The normalized spacial score (nSPS) is 16.7. The molecule has 1 aromatic heterocycles. The first-order valence-electron chi connectivity index (χ1n) is 12.2. The highest BCUT2D eigenvalue weighted by Gasteiger charge is 2.58. The Morgan fingerprint density at radius 3 is 2.44 bits per heavy atom. The molecule has 19 nitrogen and oxygen atoms in total. The predicted octanol–water partition coefficient (Wildman–Crippen LogP) is 0.143. The van der Waals surface area contributed by atoms with Gasteiger partial charge in [0.05, 0.1) is 12.0 Å². The number of anilines is 1. The zero-order valence-electron chi connectivity index (χ0n) is 23.3. The van der Waals surface area contributed by atoms with Gasteiger partial charge in [0.25, 0.3) is 17.5 Å². The molecule has 2 heterocycles. The Morgan fingerprint density at radius 2 is 1.89 bits per heavy atom. The van der Waals surface area contributed by atoms with Crippen molar-refractivity contribution >= 4 is 79.4 Å². The molecule has 22 heteroatoms. The Bertz CT molecular complexity index is 1660. The van der Waals surface area contributed by atoms with E-state index in [1.807, 2.05) is 0 Å². The van der Waals surface area contributed by atoms with Crippen LogP contribution in [0.4, 0.5) is 10.8 Å². The number of nitro benzene ring substituents is 1. The van der Waals surface area contributed by atoms with Crippen LogP contribution in [0, 0.1) is 10.1 Å². The summed E-state index contributed by atoms with van der Waals surface area (Å²) in [6.45, 7) is 2.15. The van der Waals surface area contributed by atoms with Crippen LogP contribution in [-0.4, -0.2) is 93.2 Å². The monoisotopic (exact) mass is 690 g/mol. The van der Waals surface area contributed by atoms with Gasteiger partial charge >= 0.3 is 22.2 Å². The van der Waals surface area contributed by atoms with E-state index in [-0.39, 0.29) is 27.4 Å². The molecule has 2 unspecified atom stereocenters. The number of nitrogens with one attached hydrogen (secondary N) is 2. The highest BCUT2D eigenvalue weighted by molar-refractivity contribution is 7.84. The van der Waals surface area contributed by atoms with Gasteiger partial charge in [-0.15, -0.1) is 22.9 Å². The Kier molecular flexibility index (Phi) is 10.8. The summed E-state index contributed by atoms with van der Waals surface area (Å²) in [5.74, 6) is -5.97. The number of hydrogen-bond donors (Lipinski definition) is 3. The number of hydrogen-bond acceptors (Lipinski definition) is 15. The number of carbonyl (C=O) groups excluding carboxylic acids is 5. The van der Waals surface area contributed by atoms with Crippen LogP contribution >= 0.6 is 22.9 Å². The second-order valence-corrected chi connectivity index (χ2v) is 11.7. The fourth-order valence-corrected chi connectivity index (χ4v) is 5.07. The second kappa shape index (κ2) is 13.9. The molecule has 3 rings (SSSR count). The maximum Gasteiger partial charge on any atom is 0.363 e. The summed E-state index contributed by atoms with van der Waals surface area (Å²) >= 11 is 6.30. The average Bonchev–Trinajstić information content (AvgIpc) is 3.43. The summed E-state index contributed by atoms with van der Waals surface area (Å²) in [6, 6.07) is 1.36. The molecule has 1 fully saturated rings. The molecule has 2 aromatic rings. The SMILES string of the molecule is COC(=O)C1C(NC(=O)C(=NOC(C)(C)C(=O)OCc2ccc([N+](=O)[O-])cc2)c2csc(NC(=O)CCl)n2)C(=O)N1S(=O)(=O)O. The number of rotatable bonds is 13. The molecular weight excluding hydrogens is 668 g/mol. The van der Waals surface area contributed by atoms with Crippen LogP contribution in [0.2, 0.25) is 0 Å². The minimum absolute atomic E-state index is 0.0392. The van der Waals surface area contributed by atoms with Crippen LogP contribution in [0.25, 0.3) is 0 Å². The highest BCUT2D eigenvalue weighted by atomic mass is 35.5. The van der Waals surface area contributed by atoms with E-state index in [0.717, 1.165) is 18.4 Å². The molecule has 1 aliphatic heterocycles. The molecule has 2 atom stereocenters. The van der Waals surface area contributed by atoms with Gasteiger partial charge in [0.15, 0.2) is 16.9 Å². The van der Waals surface area contributed by atoms with Gasteiger partial charge in [-0.25, -0.2) is 14.6 Å². The summed E-state index contributed by atoms with van der Waals surface area (Å²) < 4.78 is 42.0. The number of methoxy groups -OCH3 is 1. The van der Waals surface area contributed by atoms with Crippen LogP contribution in [0.5, 0.6) is 0 Å². The molecule has 0 spiro atoms. The zero-order valence-corrected chi connectivity index (χ0v) is 25.7. The maximum absolute atomic E-state index is 13.3. The molecule has 1 saturated heterocycles. The molecule has 0 bridgehead atoms. The first-order chi connectivity index (χ1) is 21.0. The Labute approximate surface area is 262 Å². The predicted molar refractivity (Wildman–Crippen MR) is 152 cm³/mol. The van der Waals surface area contributed by atoms with Crippen molar-refractivity contribution in [2.75, 3.05) is 18.3 Å². The lowest BCUT2D eigenvalue weighted by atomic mass is 9.98. The molecule has 1 aromatic carbocycles. The van der Waals surface area contributed by atoms with Crippen molar-refractivity contribution in [3.8, 4) is 0 Å². The fourth-order valence-electron chi connectivity index (χ4n) is 3.45. The van der Waals surface area contributed by atoms with E-state index in [4.69, 9.17) is 21.2 Å². The third-order valence-corrected chi connectivity index (χ3v) is 7.64. The van der Waals surface area contributed by atoms with Crippen LogP contribution in [0.3, 0.4) is 0 Å². The van der Waals surface area contributed by atoms with Crippen molar-refractivity contribution in [3.63, 3.8) is 0 Å². The lowest BCUT2D eigenvalue weighted by Gasteiger charge is -2.41. The van der Waals surface area contributed by atoms with E-state index in [9.17, 15) is 47.1 Å². The number of β-lactam (4-membered cyclic amide) rings is 1. The quantitative estimate of drug-likeness (QED) is 0.0480. The van der Waals surface area contributed by atoms with Crippen molar-refractivity contribution < 1.29 is 56.2 Å². The molecular formula is C23H23ClN6O13S2. The molecule has 3 N–H and O–H groups in total. The van der Waals surface area contributed by atoms with Crippen molar-refractivity contribution in [3.05, 3.63) is 51.0 Å². The number of aromatic nitrogens is 1. The average molecular weight is 691 g/mol. The minimum atomic E-state index is -5.21. The molecule has 0 saturated carbocycles. The standard InChI is InChI=1S/C23H23ClN6O13S2/c1-23(2,21(35)42-9-11-4-6-12(7-5-11)30(36)37)43-28-15(13-10-44-22(25-13)26-14(31)8-24)18(32)27-16-17(20(34)41-3)29(19(16)33)45(38,39)40/h4-7,10,16-17H,8-9H2,1-3H3,(H,27,32)(H,25,26,31)(H,38,39,40). The summed E-state index contributed by atoms with van der Waals surface area (Å²) in [4.78, 5) is 81.9. The van der Waals surface area contributed by atoms with Gasteiger partial charge in [-0.05, 0) is 31.5 Å². The molecule has 242 valence electrons. The van der Waals surface area contributed by atoms with Crippen molar-refractivity contribution in [2.24, 2.45) is 5.16 Å². The lowest BCUT2D eigenvalue weighted by Crippen LogP contribution is -2.74. The maximum atomic E-state index is 13.3. The number of amides is 3. The number of halogens is 1. The molecule has 45 heavy (non-hydrogen) atoms. The van der Waals surface area contributed by atoms with Gasteiger partial charge in [-0.3, -0.25) is 29.1 Å². The largest absolute Gasteiger partial charge is 0.467 e. The van der Waals surface area contributed by atoms with Crippen molar-refractivity contribution in [1.29, 1.82) is 0 Å². The van der Waals surface area contributed by atoms with Gasteiger partial charge in [0, 0.05) is 17.5 Å². The molecule has 1 aliphatic rings. The van der Waals surface area contributed by atoms with E-state index in [1.165, 1.54) is 43.5 Å². The Morgan fingerprint density at radius 1 is 1.24 bits per heavy atom. The topological polar surface area (TPSA) is 263 Å². The summed E-state index contributed by atoms with van der Waals surface area (Å²) in [7, 11) is -4.33. The molecule has 0 radical (unpaired) electrons. The van der Waals surface area contributed by atoms with Gasteiger partial charge in [0.1, 0.15) is 24.2 Å². The first kappa shape index (κ1) is 34.8. The Balaban J connectivity index is 1.85. The number of carbonyl (C=O) groups is 5. The summed E-state index contributed by atoms with van der Waals surface area (Å²) in [6.07, 6.45) is 0. The Hall–Kier alpha value is -4.73. The summed E-state index contributed by atoms with van der Waals surface area (Å²) in [5.41, 5.74) is -2.60. The molecule has 3 amide bonds. The number of benzene rings is 1. The number of ether oxygens (including phenoxy) is 2. The van der Waals surface area contributed by atoms with Crippen molar-refractivity contribution in [2.45, 2.75) is 38.1 Å². The lowest BCUT2D eigenvalue weighted by molar-refractivity contribution is -0.384. The number of esters is 2. The highest BCUT2D eigenvalue weighted by Crippen LogP contribution is 2.25. The van der Waals surface area contributed by atoms with Gasteiger partial charge in [0.2, 0.25) is 11.5 Å². The second-order valence-electron chi connectivity index (χ2n) is 9.29. The van der Waals surface area contributed by atoms with Crippen molar-refractivity contribution in [1.82, 2.24) is 14.6 Å². The first-order valence-corrected chi connectivity index (χ1v) is 15.0. The van der Waals surface area contributed by atoms with E-state index in [2.05, 4.69) is 25.5 Å². The molecule has 0 aliphatic carbocycles. The van der Waals surface area contributed by atoms with Crippen LogP contribution in [-0.2, 0) is 55.2 Å². The number of nitrogens with zero attached hydrogens (tertiary/aromatic N) is 4. The number of alkyl halides is 1. The van der Waals surface area contributed by atoms with Crippen LogP contribution in [0.1, 0.15) is 25.1 Å². The minimum Gasteiger partial charge on any atom is -0.467 e. The van der Waals surface area contributed by atoms with Gasteiger partial charge in [-0.1, -0.05) is 5.16 Å². The van der Waals surface area contributed by atoms with Gasteiger partial charge < -0.3 is 24.9 Å². The number of thiazole rings is 1. The van der Waals surface area contributed by atoms with Gasteiger partial charge in [-0.2, -0.15) is 12.7 Å². The fraction of sp³-hybridized carbons (Fsp3) is 0.348. The van der Waals surface area contributed by atoms with E-state index in [0.29, 0.717) is 5.56 Å². The smallest absolute Gasteiger partial charge is 0.363 e.